The minimum absolute atomic E-state index is 0.185. The van der Waals surface area contributed by atoms with Crippen LogP contribution in [0.2, 0.25) is 0 Å². The lowest BCUT2D eigenvalue weighted by Gasteiger charge is -2.13. The number of nitrogens with zero attached hydrogens (tertiary/aromatic N) is 4. The van der Waals surface area contributed by atoms with E-state index in [4.69, 9.17) is 20.0 Å². The van der Waals surface area contributed by atoms with Crippen molar-refractivity contribution in [3.63, 3.8) is 0 Å². The van der Waals surface area contributed by atoms with Crippen molar-refractivity contribution in [1.29, 1.82) is 0 Å². The van der Waals surface area contributed by atoms with Gasteiger partial charge in [-0.2, -0.15) is 0 Å². The van der Waals surface area contributed by atoms with E-state index in [0.717, 1.165) is 44.5 Å². The van der Waals surface area contributed by atoms with Crippen LogP contribution in [-0.2, 0) is 0 Å². The van der Waals surface area contributed by atoms with E-state index in [1.165, 1.54) is 0 Å². The van der Waals surface area contributed by atoms with Gasteiger partial charge in [0.05, 0.1) is 56.8 Å². The molecule has 0 amide bonds. The SMILES string of the molecule is O=C(O)c1ccc(C2=C3C=CC(=N3)C(c3ccccc3)=C3C=CC(=N3)C(c3ccc(C(=O)O)cc3)=C3C=CC(=N3)C(c3ccccc3)=C3C=CC2=N3)cc1. The van der Waals surface area contributed by atoms with Gasteiger partial charge in [0.2, 0.25) is 0 Å². The van der Waals surface area contributed by atoms with Gasteiger partial charge in [-0.1, -0.05) is 84.9 Å². The van der Waals surface area contributed by atoms with Crippen molar-refractivity contribution in [2.45, 2.75) is 0 Å². The fraction of sp³-hybridized carbons (Fsp3) is 0. The predicted molar refractivity (Wildman–Crippen MR) is 214 cm³/mol. The molecule has 256 valence electrons. The molecule has 5 aliphatic heterocycles. The summed E-state index contributed by atoms with van der Waals surface area (Å²) >= 11 is 0. The zero-order chi connectivity index (χ0) is 36.8. The van der Waals surface area contributed by atoms with Gasteiger partial charge in [-0.15, -0.1) is 0 Å². The summed E-state index contributed by atoms with van der Waals surface area (Å²) in [5.74, 6) is -2.01. The van der Waals surface area contributed by atoms with E-state index in [-0.39, 0.29) is 11.1 Å². The second-order valence-electron chi connectivity index (χ2n) is 12.9. The molecule has 0 atom stereocenters. The number of fused-ring (bicyclic) bond motifs is 4. The second-order valence-corrected chi connectivity index (χ2v) is 12.9. The number of hydrogen-bond donors (Lipinski definition) is 2. The molecule has 0 unspecified atom stereocenters. The van der Waals surface area contributed by atoms with Crippen molar-refractivity contribution in [3.05, 3.63) is 214 Å². The van der Waals surface area contributed by atoms with Crippen LogP contribution in [0.15, 0.2) is 201 Å². The van der Waals surface area contributed by atoms with E-state index in [1.807, 2.05) is 109 Å². The number of carboxylic acid groups (broad SMARTS) is 2. The minimum Gasteiger partial charge on any atom is -0.478 e. The van der Waals surface area contributed by atoms with E-state index in [9.17, 15) is 19.8 Å². The number of rotatable bonds is 6. The van der Waals surface area contributed by atoms with Crippen LogP contribution in [0.25, 0.3) is 22.3 Å². The maximum Gasteiger partial charge on any atom is 0.335 e. The van der Waals surface area contributed by atoms with Gasteiger partial charge < -0.3 is 10.2 Å². The Bertz CT molecular complexity index is 2510. The summed E-state index contributed by atoms with van der Waals surface area (Å²) in [6.07, 6.45) is 15.7. The molecular formula is C46H28N4O4. The molecule has 9 rings (SSSR count). The first kappa shape index (κ1) is 32.3. The van der Waals surface area contributed by atoms with Gasteiger partial charge in [0.15, 0.2) is 0 Å². The summed E-state index contributed by atoms with van der Waals surface area (Å²) in [5, 5.41) is 19.3. The number of hydrogen-bond acceptors (Lipinski definition) is 6. The summed E-state index contributed by atoms with van der Waals surface area (Å²) in [7, 11) is 0. The third-order valence-electron chi connectivity index (χ3n) is 9.58. The molecule has 0 saturated heterocycles. The number of carbonyl (C=O) groups is 2. The van der Waals surface area contributed by atoms with E-state index < -0.39 is 11.9 Å². The lowest BCUT2D eigenvalue weighted by molar-refractivity contribution is 0.0686. The first-order valence-corrected chi connectivity index (χ1v) is 17.3. The molecular weight excluding hydrogens is 673 g/mol. The molecule has 0 spiro atoms. The minimum atomic E-state index is -1.00. The molecule has 0 radical (unpaired) electrons. The van der Waals surface area contributed by atoms with Crippen LogP contribution in [0.5, 0.6) is 0 Å². The quantitative estimate of drug-likeness (QED) is 0.208. The molecule has 5 aliphatic rings. The smallest absolute Gasteiger partial charge is 0.335 e. The highest BCUT2D eigenvalue weighted by molar-refractivity contribution is 6.39. The molecule has 8 nitrogen and oxygen atoms in total. The summed E-state index contributed by atoms with van der Waals surface area (Å²) in [6.45, 7) is 0. The lowest BCUT2D eigenvalue weighted by atomic mass is 9.97. The molecule has 5 heterocycles. The highest BCUT2D eigenvalue weighted by Gasteiger charge is 2.27. The first-order valence-electron chi connectivity index (χ1n) is 17.3. The predicted octanol–water partition coefficient (Wildman–Crippen LogP) is 9.08. The third-order valence-corrected chi connectivity index (χ3v) is 9.58. The third kappa shape index (κ3) is 5.78. The van der Waals surface area contributed by atoms with Gasteiger partial charge in [-0.05, 0) is 95.1 Å². The number of allylic oxidation sites excluding steroid dienone is 12. The van der Waals surface area contributed by atoms with Crippen molar-refractivity contribution < 1.29 is 19.8 Å². The average molecular weight is 701 g/mol. The van der Waals surface area contributed by atoms with Gasteiger partial charge in [0.1, 0.15) is 0 Å². The van der Waals surface area contributed by atoms with Crippen LogP contribution in [0.1, 0.15) is 43.0 Å². The van der Waals surface area contributed by atoms with E-state index in [2.05, 4.69) is 0 Å². The van der Waals surface area contributed by atoms with Crippen molar-refractivity contribution in [2.75, 3.05) is 0 Å². The Kier molecular flexibility index (Phi) is 7.90. The van der Waals surface area contributed by atoms with Gasteiger partial charge in [0, 0.05) is 22.3 Å². The summed E-state index contributed by atoms with van der Waals surface area (Å²) in [6, 6.07) is 33.5. The Labute approximate surface area is 310 Å². The summed E-state index contributed by atoms with van der Waals surface area (Å²) in [4.78, 5) is 44.4. The molecule has 8 heteroatoms. The second kappa shape index (κ2) is 13.2. The summed E-state index contributed by atoms with van der Waals surface area (Å²) in [5.41, 5.74) is 12.4. The van der Waals surface area contributed by atoms with Crippen molar-refractivity contribution in [3.8, 4) is 0 Å². The monoisotopic (exact) mass is 700 g/mol. The van der Waals surface area contributed by atoms with E-state index in [0.29, 0.717) is 45.6 Å². The van der Waals surface area contributed by atoms with Crippen LogP contribution in [0.4, 0.5) is 0 Å². The highest BCUT2D eigenvalue weighted by Crippen LogP contribution is 2.38. The van der Waals surface area contributed by atoms with Crippen LogP contribution in [0, 0.1) is 0 Å². The Morgan fingerprint density at radius 1 is 0.333 bits per heavy atom. The average Bonchev–Trinajstić information content (AvgIpc) is 4.04. The Morgan fingerprint density at radius 3 is 0.852 bits per heavy atom. The van der Waals surface area contributed by atoms with Crippen LogP contribution < -0.4 is 0 Å². The number of carboxylic acids is 2. The van der Waals surface area contributed by atoms with Gasteiger partial charge in [0.25, 0.3) is 0 Å². The molecule has 54 heavy (non-hydrogen) atoms. The number of aromatic carboxylic acids is 2. The van der Waals surface area contributed by atoms with E-state index in [1.54, 1.807) is 48.5 Å². The van der Waals surface area contributed by atoms with Crippen molar-refractivity contribution >= 4 is 57.1 Å². The molecule has 4 aromatic carbocycles. The Balaban J connectivity index is 1.35. The number of aliphatic imine (C=N–C) groups is 4. The van der Waals surface area contributed by atoms with Crippen LogP contribution in [-0.4, -0.2) is 45.0 Å². The standard InChI is InChI=1S/C46H28N4O4/c51-45(52)31-15-11-29(12-16-31)43-37-23-19-33(47-37)41(27-7-3-1-4-8-27)34-20-24-38(48-34)44(30-13-17-32(18-14-30)46(53)54)40-26-22-36(50-40)42(28-9-5-2-6-10-28)35-21-25-39(43)49-35/h1-26H,(H,51,52)(H,53,54). The molecule has 0 fully saturated rings. The van der Waals surface area contributed by atoms with Crippen molar-refractivity contribution in [1.82, 2.24) is 0 Å². The highest BCUT2D eigenvalue weighted by atomic mass is 16.4. The molecule has 4 aromatic rings. The van der Waals surface area contributed by atoms with Crippen LogP contribution >= 0.6 is 0 Å². The fourth-order valence-electron chi connectivity index (χ4n) is 7.04. The zero-order valence-electron chi connectivity index (χ0n) is 28.5. The fourth-order valence-corrected chi connectivity index (χ4v) is 7.04. The van der Waals surface area contributed by atoms with Crippen LogP contribution in [0.3, 0.4) is 0 Å². The molecule has 0 aromatic heterocycles. The van der Waals surface area contributed by atoms with Gasteiger partial charge in [-0.25, -0.2) is 29.6 Å². The first-order chi connectivity index (χ1) is 26.4. The topological polar surface area (TPSA) is 124 Å². The summed E-state index contributed by atoms with van der Waals surface area (Å²) < 4.78 is 0. The number of benzene rings is 4. The molecule has 0 aliphatic carbocycles. The van der Waals surface area contributed by atoms with Gasteiger partial charge in [-0.3, -0.25) is 0 Å². The molecule has 0 saturated carbocycles. The maximum absolute atomic E-state index is 11.8. The maximum atomic E-state index is 11.8. The van der Waals surface area contributed by atoms with Gasteiger partial charge >= 0.3 is 11.9 Å². The Hall–Kier alpha value is -7.58. The lowest BCUT2D eigenvalue weighted by Crippen LogP contribution is -2.04. The molecule has 8 bridgehead atoms. The van der Waals surface area contributed by atoms with Crippen molar-refractivity contribution in [2.24, 2.45) is 20.0 Å². The normalized spacial score (nSPS) is 17.0. The largest absolute Gasteiger partial charge is 0.478 e. The Morgan fingerprint density at radius 2 is 0.593 bits per heavy atom. The molecule has 2 N–H and O–H groups in total. The zero-order valence-corrected chi connectivity index (χ0v) is 28.5. The van der Waals surface area contributed by atoms with E-state index >= 15 is 0 Å².